The highest BCUT2D eigenvalue weighted by Crippen LogP contribution is 2.14. The largest absolute Gasteiger partial charge is 0.442 e. The summed E-state index contributed by atoms with van der Waals surface area (Å²) in [6.45, 7) is 0. The molecule has 0 atom stereocenters. The van der Waals surface area contributed by atoms with Gasteiger partial charge in [-0.2, -0.15) is 0 Å². The van der Waals surface area contributed by atoms with Crippen molar-refractivity contribution >= 4 is 27.7 Å². The third-order valence-electron chi connectivity index (χ3n) is 1.17. The highest BCUT2D eigenvalue weighted by Gasteiger charge is 2.16. The van der Waals surface area contributed by atoms with Crippen LogP contribution in [0, 0.1) is 0 Å². The molecule has 0 amide bonds. The molecule has 12 heavy (non-hydrogen) atoms. The first-order chi connectivity index (χ1) is 5.60. The fourth-order valence-electron chi connectivity index (χ4n) is 0.619. The molecule has 0 saturated carbocycles. The van der Waals surface area contributed by atoms with Crippen LogP contribution in [0.5, 0.6) is 0 Å². The van der Waals surface area contributed by atoms with Gasteiger partial charge < -0.3 is 4.42 Å². The minimum Gasteiger partial charge on any atom is -0.442 e. The first kappa shape index (κ1) is 9.28. The summed E-state index contributed by atoms with van der Waals surface area (Å²) >= 11 is 5.14. The van der Waals surface area contributed by atoms with Crippen molar-refractivity contribution in [3.05, 3.63) is 17.9 Å². The van der Waals surface area contributed by atoms with Crippen molar-refractivity contribution in [3.8, 4) is 0 Å². The number of hydrogen-bond acceptors (Lipinski definition) is 4. The number of carbonyl (C=O) groups excluding carboxylic acids is 1. The van der Waals surface area contributed by atoms with E-state index in [-0.39, 0.29) is 10.9 Å². The Bertz CT molecular complexity index is 378. The maximum atomic E-state index is 11.0. The van der Waals surface area contributed by atoms with Crippen molar-refractivity contribution in [2.75, 3.05) is 5.21 Å². The minimum atomic E-state index is -3.55. The van der Waals surface area contributed by atoms with E-state index >= 15 is 0 Å². The average Bonchev–Trinajstić information content (AvgIpc) is 2.52. The lowest BCUT2D eigenvalue weighted by Gasteiger charge is -1.91. The zero-order chi connectivity index (χ0) is 9.19. The van der Waals surface area contributed by atoms with Crippen molar-refractivity contribution in [3.63, 3.8) is 0 Å². The fourth-order valence-corrected chi connectivity index (χ4v) is 1.55. The molecule has 6 heteroatoms. The highest BCUT2D eigenvalue weighted by molar-refractivity contribution is 7.92. The topological polar surface area (TPSA) is 64.3 Å². The van der Waals surface area contributed by atoms with Gasteiger partial charge in [-0.1, -0.05) is 0 Å². The molecule has 1 aromatic rings. The number of hydrogen-bond donors (Lipinski definition) is 0. The van der Waals surface area contributed by atoms with E-state index < -0.39 is 15.0 Å². The first-order valence-electron chi connectivity index (χ1n) is 2.94. The molecule has 0 unspecified atom stereocenters. The SMILES string of the molecule is O=Cc1ccc(S(=O)(=O)CCl)o1. The molecule has 0 aromatic carbocycles. The number of carbonyl (C=O) groups is 1. The van der Waals surface area contributed by atoms with Crippen molar-refractivity contribution in [2.24, 2.45) is 0 Å². The third kappa shape index (κ3) is 1.67. The number of halogens is 1. The van der Waals surface area contributed by atoms with Gasteiger partial charge >= 0.3 is 0 Å². The summed E-state index contributed by atoms with van der Waals surface area (Å²) in [4.78, 5) is 10.1. The molecule has 0 aliphatic carbocycles. The van der Waals surface area contributed by atoms with Gasteiger partial charge in [0.1, 0.15) is 5.21 Å². The smallest absolute Gasteiger partial charge is 0.225 e. The quantitative estimate of drug-likeness (QED) is 0.551. The van der Waals surface area contributed by atoms with E-state index in [0.717, 1.165) is 0 Å². The van der Waals surface area contributed by atoms with Gasteiger partial charge in [0, 0.05) is 0 Å². The van der Waals surface area contributed by atoms with E-state index in [4.69, 9.17) is 11.6 Å². The molecule has 0 bridgehead atoms. The molecule has 0 N–H and O–H groups in total. The van der Waals surface area contributed by atoms with Crippen molar-refractivity contribution < 1.29 is 17.6 Å². The summed E-state index contributed by atoms with van der Waals surface area (Å²) in [5.74, 6) is -0.0290. The Hall–Kier alpha value is -0.810. The predicted octanol–water partition coefficient (Wildman–Crippen LogP) is 1.06. The molecule has 1 rings (SSSR count). The van der Waals surface area contributed by atoms with E-state index in [1.54, 1.807) is 0 Å². The van der Waals surface area contributed by atoms with Gasteiger partial charge in [-0.25, -0.2) is 8.42 Å². The van der Waals surface area contributed by atoms with Crippen LogP contribution in [0.2, 0.25) is 0 Å². The van der Waals surface area contributed by atoms with E-state index in [9.17, 15) is 13.2 Å². The third-order valence-corrected chi connectivity index (χ3v) is 3.15. The van der Waals surface area contributed by atoms with Gasteiger partial charge in [0.25, 0.3) is 0 Å². The number of sulfone groups is 1. The fraction of sp³-hybridized carbons (Fsp3) is 0.167. The Morgan fingerprint density at radius 1 is 1.50 bits per heavy atom. The Labute approximate surface area is 74.0 Å². The minimum absolute atomic E-state index is 0.0290. The molecular formula is C6H5ClO4S. The Morgan fingerprint density at radius 3 is 2.58 bits per heavy atom. The molecule has 0 fully saturated rings. The summed E-state index contributed by atoms with van der Waals surface area (Å²) in [7, 11) is -3.55. The van der Waals surface area contributed by atoms with Crippen LogP contribution in [-0.2, 0) is 9.84 Å². The normalized spacial score (nSPS) is 11.4. The van der Waals surface area contributed by atoms with Crippen LogP contribution in [0.4, 0.5) is 0 Å². The van der Waals surface area contributed by atoms with Gasteiger partial charge in [-0.3, -0.25) is 4.79 Å². The second-order valence-electron chi connectivity index (χ2n) is 2.00. The zero-order valence-corrected chi connectivity index (χ0v) is 7.43. The number of furan rings is 1. The molecule has 0 aliphatic rings. The Balaban J connectivity index is 3.13. The lowest BCUT2D eigenvalue weighted by Crippen LogP contribution is -1.99. The number of alkyl halides is 1. The average molecular weight is 209 g/mol. The second kappa shape index (κ2) is 3.28. The van der Waals surface area contributed by atoms with Gasteiger partial charge in [0.15, 0.2) is 12.0 Å². The molecule has 66 valence electrons. The molecule has 0 saturated heterocycles. The molecule has 0 aliphatic heterocycles. The van der Waals surface area contributed by atoms with Gasteiger partial charge in [0.2, 0.25) is 14.9 Å². The maximum absolute atomic E-state index is 11.0. The van der Waals surface area contributed by atoms with E-state index in [1.165, 1.54) is 12.1 Å². The summed E-state index contributed by atoms with van der Waals surface area (Å²) in [6.07, 6.45) is 0.424. The van der Waals surface area contributed by atoms with Gasteiger partial charge in [-0.05, 0) is 12.1 Å². The van der Waals surface area contributed by atoms with Crippen LogP contribution in [0.3, 0.4) is 0 Å². The Kier molecular flexibility index (Phi) is 2.54. The molecule has 4 nitrogen and oxygen atoms in total. The van der Waals surface area contributed by atoms with E-state index in [2.05, 4.69) is 4.42 Å². The van der Waals surface area contributed by atoms with Crippen LogP contribution in [0.15, 0.2) is 21.6 Å². The summed E-state index contributed by atoms with van der Waals surface area (Å²) in [5, 5.41) is -0.835. The standard InChI is InChI=1S/C6H5ClO4S/c7-4-12(9,10)6-2-1-5(3-8)11-6/h1-3H,4H2. The lowest BCUT2D eigenvalue weighted by molar-refractivity contribution is 0.109. The van der Waals surface area contributed by atoms with Crippen LogP contribution >= 0.6 is 11.6 Å². The Morgan fingerprint density at radius 2 is 2.17 bits per heavy atom. The summed E-state index contributed by atoms with van der Waals surface area (Å²) in [6, 6.07) is 2.47. The summed E-state index contributed by atoms with van der Waals surface area (Å²) < 4.78 is 26.6. The monoisotopic (exact) mass is 208 g/mol. The predicted molar refractivity (Wildman–Crippen MR) is 42.0 cm³/mol. The summed E-state index contributed by atoms with van der Waals surface area (Å²) in [5.41, 5.74) is 0. The molecule has 0 radical (unpaired) electrons. The van der Waals surface area contributed by atoms with Crippen LogP contribution < -0.4 is 0 Å². The number of aldehydes is 1. The molecular weight excluding hydrogens is 204 g/mol. The maximum Gasteiger partial charge on any atom is 0.225 e. The van der Waals surface area contributed by atoms with Crippen molar-refractivity contribution in [1.82, 2.24) is 0 Å². The van der Waals surface area contributed by atoms with Gasteiger partial charge in [0.05, 0.1) is 0 Å². The molecule has 1 heterocycles. The van der Waals surface area contributed by atoms with Crippen LogP contribution in [-0.4, -0.2) is 19.9 Å². The highest BCUT2D eigenvalue weighted by atomic mass is 35.5. The molecule has 0 spiro atoms. The van der Waals surface area contributed by atoms with Crippen LogP contribution in [0.25, 0.3) is 0 Å². The number of rotatable bonds is 3. The second-order valence-corrected chi connectivity index (χ2v) is 4.50. The van der Waals surface area contributed by atoms with E-state index in [1.807, 2.05) is 0 Å². The molecule has 1 aromatic heterocycles. The van der Waals surface area contributed by atoms with Crippen molar-refractivity contribution in [2.45, 2.75) is 5.09 Å². The lowest BCUT2D eigenvalue weighted by atomic mass is 10.5. The van der Waals surface area contributed by atoms with Gasteiger partial charge in [-0.15, -0.1) is 11.6 Å². The van der Waals surface area contributed by atoms with Crippen molar-refractivity contribution in [1.29, 1.82) is 0 Å². The van der Waals surface area contributed by atoms with Crippen LogP contribution in [0.1, 0.15) is 10.6 Å². The van der Waals surface area contributed by atoms with E-state index in [0.29, 0.717) is 6.29 Å². The first-order valence-corrected chi connectivity index (χ1v) is 5.12. The zero-order valence-electron chi connectivity index (χ0n) is 5.86.